The molecular weight excluding hydrogens is 417 g/mol. The first-order valence-electron chi connectivity index (χ1n) is 9.61. The second kappa shape index (κ2) is 8.56. The molecule has 1 N–H and O–H groups in total. The van der Waals surface area contributed by atoms with Gasteiger partial charge in [0, 0.05) is 5.92 Å². The Labute approximate surface area is 184 Å². The molecule has 1 saturated carbocycles. The summed E-state index contributed by atoms with van der Waals surface area (Å²) in [7, 11) is 0. The van der Waals surface area contributed by atoms with Gasteiger partial charge in [0.15, 0.2) is 5.83 Å². The number of carbonyl (C=O) groups is 2. The quantitative estimate of drug-likeness (QED) is 0.569. The molecule has 0 heterocycles. The van der Waals surface area contributed by atoms with E-state index in [0.29, 0.717) is 28.8 Å². The van der Waals surface area contributed by atoms with Gasteiger partial charge in [-0.1, -0.05) is 55.9 Å². The fourth-order valence-corrected chi connectivity index (χ4v) is 4.66. The van der Waals surface area contributed by atoms with E-state index in [4.69, 9.17) is 4.74 Å². The minimum Gasteiger partial charge on any atom is -0.481 e. The lowest BCUT2D eigenvalue weighted by molar-refractivity contribution is -0.145. The third-order valence-electron chi connectivity index (χ3n) is 6.05. The zero-order valence-electron chi connectivity index (χ0n) is 17.3. The van der Waals surface area contributed by atoms with Crippen molar-refractivity contribution in [3.8, 4) is 17.6 Å². The maximum absolute atomic E-state index is 14.3. The number of carbonyl (C=O) groups excluding carboxylic acids is 1. The van der Waals surface area contributed by atoms with E-state index < -0.39 is 39.6 Å². The van der Waals surface area contributed by atoms with Crippen LogP contribution in [0, 0.1) is 28.1 Å². The average molecular weight is 440 g/mol. The van der Waals surface area contributed by atoms with E-state index >= 15 is 0 Å². The fraction of sp³-hybridized carbons (Fsp3) is 0.292. The van der Waals surface area contributed by atoms with Crippen LogP contribution in [0.1, 0.15) is 25.3 Å². The van der Waals surface area contributed by atoms with Crippen LogP contribution in [-0.4, -0.2) is 22.4 Å². The number of hydrogen-bond donors (Lipinski definition) is 1. The van der Waals surface area contributed by atoms with E-state index in [1.54, 1.807) is 50.2 Å². The molecule has 31 heavy (non-hydrogen) atoms. The van der Waals surface area contributed by atoms with Crippen molar-refractivity contribution in [2.24, 2.45) is 16.7 Å². The van der Waals surface area contributed by atoms with Crippen LogP contribution in [0.5, 0.6) is 11.5 Å². The molecule has 0 aromatic heterocycles. The van der Waals surface area contributed by atoms with Gasteiger partial charge in [-0.15, -0.1) is 0 Å². The van der Waals surface area contributed by atoms with Crippen LogP contribution >= 0.6 is 11.8 Å². The first-order chi connectivity index (χ1) is 14.7. The Bertz CT molecular complexity index is 1080. The Morgan fingerprint density at radius 1 is 1.19 bits per heavy atom. The van der Waals surface area contributed by atoms with Crippen molar-refractivity contribution in [1.29, 1.82) is 5.26 Å². The van der Waals surface area contributed by atoms with Crippen LogP contribution in [0.2, 0.25) is 0 Å². The van der Waals surface area contributed by atoms with Gasteiger partial charge in [-0.2, -0.15) is 5.26 Å². The standard InChI is InChI=1S/C24H22FNO4S/c1-23(2)20(13-19(25)21(27)31-3)24(23,22(28)29)18(14-26)15-8-7-11-17(12-15)30-16-9-5-4-6-10-16/h4-13,18,20H,1-3H3,(H,28,29)/t18?,20-,24+/m0/s1. The number of hydrogen-bond acceptors (Lipinski definition) is 5. The van der Waals surface area contributed by atoms with E-state index in [2.05, 4.69) is 6.07 Å². The number of allylic oxidation sites excluding steroid dienone is 1. The number of carboxylic acids is 1. The smallest absolute Gasteiger partial charge is 0.312 e. The number of nitrogens with zero attached hydrogens (tertiary/aromatic N) is 1. The van der Waals surface area contributed by atoms with Crippen molar-refractivity contribution in [2.75, 3.05) is 6.26 Å². The van der Waals surface area contributed by atoms with Gasteiger partial charge in [0.05, 0.1) is 12.0 Å². The third-order valence-corrected chi connectivity index (χ3v) is 6.62. The zero-order chi connectivity index (χ0) is 22.8. The molecule has 0 aliphatic heterocycles. The summed E-state index contributed by atoms with van der Waals surface area (Å²) in [6, 6.07) is 17.9. The molecular formula is C24H22FNO4S. The number of thioether (sulfide) groups is 1. The zero-order valence-corrected chi connectivity index (χ0v) is 18.2. The van der Waals surface area contributed by atoms with Gasteiger partial charge in [0.25, 0.3) is 0 Å². The molecule has 0 saturated heterocycles. The lowest BCUT2D eigenvalue weighted by Gasteiger charge is -2.22. The van der Waals surface area contributed by atoms with Crippen LogP contribution in [0.25, 0.3) is 0 Å². The molecule has 0 radical (unpaired) electrons. The van der Waals surface area contributed by atoms with Gasteiger partial charge in [-0.05, 0) is 47.6 Å². The van der Waals surface area contributed by atoms with Gasteiger partial charge >= 0.3 is 5.97 Å². The summed E-state index contributed by atoms with van der Waals surface area (Å²) in [5.74, 6) is -3.03. The molecule has 0 spiro atoms. The second-order valence-electron chi connectivity index (χ2n) is 7.93. The predicted octanol–water partition coefficient (Wildman–Crippen LogP) is 5.56. The maximum Gasteiger partial charge on any atom is 0.312 e. The van der Waals surface area contributed by atoms with Gasteiger partial charge in [0.1, 0.15) is 16.9 Å². The van der Waals surface area contributed by atoms with Gasteiger partial charge in [0.2, 0.25) is 5.12 Å². The second-order valence-corrected chi connectivity index (χ2v) is 8.71. The molecule has 3 rings (SSSR count). The SMILES string of the molecule is CSC(=O)C(F)=C[C@H]1C(C)(C)[C@]1(C(=O)O)C(C#N)c1cccc(Oc2ccccc2)c1. The minimum absolute atomic E-state index is 0.457. The van der Waals surface area contributed by atoms with Crippen LogP contribution in [0.15, 0.2) is 66.5 Å². The number of benzene rings is 2. The normalized spacial score (nSPS) is 22.8. The van der Waals surface area contributed by atoms with Gasteiger partial charge < -0.3 is 9.84 Å². The van der Waals surface area contributed by atoms with E-state index in [1.807, 2.05) is 18.2 Å². The molecule has 2 aromatic rings. The molecule has 3 atom stereocenters. The minimum atomic E-state index is -1.58. The monoisotopic (exact) mass is 439 g/mol. The number of halogens is 1. The van der Waals surface area contributed by atoms with E-state index in [1.165, 1.54) is 6.26 Å². The highest BCUT2D eigenvalue weighted by Gasteiger charge is 2.78. The Morgan fingerprint density at radius 3 is 2.42 bits per heavy atom. The lowest BCUT2D eigenvalue weighted by atomic mass is 9.78. The number of rotatable bonds is 7. The summed E-state index contributed by atoms with van der Waals surface area (Å²) in [5, 5.41) is 19.4. The van der Waals surface area contributed by atoms with Crippen LogP contribution in [-0.2, 0) is 9.59 Å². The number of para-hydroxylation sites is 1. The van der Waals surface area contributed by atoms with Gasteiger partial charge in [-0.25, -0.2) is 4.39 Å². The Kier molecular flexibility index (Phi) is 6.23. The van der Waals surface area contributed by atoms with Crippen LogP contribution in [0.3, 0.4) is 0 Å². The molecule has 1 fully saturated rings. The molecule has 1 unspecified atom stereocenters. The number of aliphatic carboxylic acids is 1. The number of nitriles is 1. The number of carboxylic acid groups (broad SMARTS) is 1. The molecule has 2 aromatic carbocycles. The maximum atomic E-state index is 14.3. The molecule has 1 aliphatic carbocycles. The van der Waals surface area contributed by atoms with Gasteiger partial charge in [-0.3, -0.25) is 9.59 Å². The van der Waals surface area contributed by atoms with E-state index in [-0.39, 0.29) is 0 Å². The Balaban J connectivity index is 2.02. The van der Waals surface area contributed by atoms with E-state index in [9.17, 15) is 24.3 Å². The predicted molar refractivity (Wildman–Crippen MR) is 116 cm³/mol. The van der Waals surface area contributed by atoms with Crippen molar-refractivity contribution < 1.29 is 23.8 Å². The lowest BCUT2D eigenvalue weighted by Crippen LogP contribution is -2.28. The summed E-state index contributed by atoms with van der Waals surface area (Å²) in [6.45, 7) is 3.35. The molecule has 7 heteroatoms. The van der Waals surface area contributed by atoms with Crippen molar-refractivity contribution >= 4 is 22.8 Å². The van der Waals surface area contributed by atoms with E-state index in [0.717, 1.165) is 6.08 Å². The highest BCUT2D eigenvalue weighted by molar-refractivity contribution is 8.13. The third kappa shape index (κ3) is 3.84. The summed E-state index contributed by atoms with van der Waals surface area (Å²) in [6.07, 6.45) is 2.51. The largest absolute Gasteiger partial charge is 0.481 e. The molecule has 5 nitrogen and oxygen atoms in total. The fourth-order valence-electron chi connectivity index (χ4n) is 4.39. The topological polar surface area (TPSA) is 87.4 Å². The first kappa shape index (κ1) is 22.6. The van der Waals surface area contributed by atoms with Crippen LogP contribution in [0.4, 0.5) is 4.39 Å². The van der Waals surface area contributed by atoms with Crippen molar-refractivity contribution in [1.82, 2.24) is 0 Å². The van der Waals surface area contributed by atoms with Crippen molar-refractivity contribution in [3.05, 3.63) is 72.1 Å². The highest BCUT2D eigenvalue weighted by atomic mass is 32.2. The summed E-state index contributed by atoms with van der Waals surface area (Å²) < 4.78 is 20.1. The average Bonchev–Trinajstić information content (AvgIpc) is 3.24. The summed E-state index contributed by atoms with van der Waals surface area (Å²) in [5.41, 5.74) is -2.06. The summed E-state index contributed by atoms with van der Waals surface area (Å²) >= 11 is 0.714. The highest BCUT2D eigenvalue weighted by Crippen LogP contribution is 2.75. The first-order valence-corrected chi connectivity index (χ1v) is 10.8. The molecule has 0 amide bonds. The van der Waals surface area contributed by atoms with Crippen LogP contribution < -0.4 is 4.74 Å². The Morgan fingerprint density at radius 2 is 1.84 bits per heavy atom. The Hall–Kier alpha value is -3.11. The molecule has 1 aliphatic rings. The molecule has 160 valence electrons. The number of ether oxygens (including phenoxy) is 1. The molecule has 0 bridgehead atoms. The van der Waals surface area contributed by atoms with Crippen molar-refractivity contribution in [3.63, 3.8) is 0 Å². The summed E-state index contributed by atoms with van der Waals surface area (Å²) in [4.78, 5) is 24.1. The van der Waals surface area contributed by atoms with Crippen molar-refractivity contribution in [2.45, 2.75) is 19.8 Å².